The number of carbonyl (C=O) groups is 3. The van der Waals surface area contributed by atoms with Crippen LogP contribution in [0.3, 0.4) is 0 Å². The predicted molar refractivity (Wildman–Crippen MR) is 167 cm³/mol. The van der Waals surface area contributed by atoms with Crippen molar-refractivity contribution in [3.63, 3.8) is 0 Å². The maximum absolute atomic E-state index is 13.7. The van der Waals surface area contributed by atoms with E-state index in [0.29, 0.717) is 40.0 Å². The van der Waals surface area contributed by atoms with Crippen LogP contribution in [0, 0.1) is 24.7 Å². The first kappa shape index (κ1) is 30.1. The fourth-order valence-electron chi connectivity index (χ4n) is 6.55. The van der Waals surface area contributed by atoms with Crippen LogP contribution in [-0.2, 0) is 14.4 Å². The number of dihydropyridines is 1. The average molecular weight is 636 g/mol. The van der Waals surface area contributed by atoms with Crippen molar-refractivity contribution in [1.29, 1.82) is 0 Å². The highest BCUT2D eigenvalue weighted by atomic mass is 79.9. The minimum Gasteiger partial charge on any atom is -0.493 e. The number of ketones is 2. The normalized spacial score (nSPS) is 19.6. The number of anilines is 1. The van der Waals surface area contributed by atoms with Gasteiger partial charge in [-0.3, -0.25) is 14.4 Å². The van der Waals surface area contributed by atoms with Gasteiger partial charge < -0.3 is 20.1 Å². The molecule has 0 saturated carbocycles. The second-order valence-electron chi connectivity index (χ2n) is 13.4. The summed E-state index contributed by atoms with van der Waals surface area (Å²) in [6, 6.07) is 9.53. The number of carbonyl (C=O) groups excluding carboxylic acids is 3. The molecule has 2 N–H and O–H groups in total. The molecule has 0 radical (unpaired) electrons. The van der Waals surface area contributed by atoms with Gasteiger partial charge in [0.25, 0.3) is 5.91 Å². The smallest absolute Gasteiger partial charge is 0.262 e. The van der Waals surface area contributed by atoms with Gasteiger partial charge in [0, 0.05) is 47.0 Å². The number of methoxy groups -OCH3 is 1. The van der Waals surface area contributed by atoms with Crippen molar-refractivity contribution >= 4 is 39.1 Å². The van der Waals surface area contributed by atoms with Crippen LogP contribution >= 0.6 is 15.9 Å². The van der Waals surface area contributed by atoms with Gasteiger partial charge in [0.1, 0.15) is 0 Å². The van der Waals surface area contributed by atoms with E-state index in [0.717, 1.165) is 46.6 Å². The molecule has 0 saturated heterocycles. The van der Waals surface area contributed by atoms with E-state index in [4.69, 9.17) is 9.47 Å². The monoisotopic (exact) mass is 634 g/mol. The van der Waals surface area contributed by atoms with Crippen LogP contribution in [0.5, 0.6) is 11.5 Å². The first-order valence-corrected chi connectivity index (χ1v) is 15.1. The molecule has 8 heteroatoms. The van der Waals surface area contributed by atoms with Gasteiger partial charge in [-0.2, -0.15) is 0 Å². The summed E-state index contributed by atoms with van der Waals surface area (Å²) in [5.41, 5.74) is 6.38. The number of hydrogen-bond acceptors (Lipinski definition) is 6. The van der Waals surface area contributed by atoms with E-state index in [1.807, 2.05) is 44.2 Å². The molecule has 2 aromatic carbocycles. The summed E-state index contributed by atoms with van der Waals surface area (Å²) in [7, 11) is 1.54. The third-order valence-corrected chi connectivity index (χ3v) is 8.90. The van der Waals surface area contributed by atoms with E-state index >= 15 is 0 Å². The van der Waals surface area contributed by atoms with Crippen molar-refractivity contribution in [2.24, 2.45) is 10.8 Å². The Morgan fingerprint density at radius 2 is 1.55 bits per heavy atom. The summed E-state index contributed by atoms with van der Waals surface area (Å²) in [5, 5.41) is 6.45. The molecule has 0 unspecified atom stereocenters. The molecule has 0 fully saturated rings. The topological polar surface area (TPSA) is 93.7 Å². The van der Waals surface area contributed by atoms with Crippen LogP contribution in [-0.4, -0.2) is 31.2 Å². The third-order valence-electron chi connectivity index (χ3n) is 8.31. The second-order valence-corrected chi connectivity index (χ2v) is 14.3. The number of benzene rings is 2. The molecule has 1 heterocycles. The second kappa shape index (κ2) is 11.0. The van der Waals surface area contributed by atoms with Gasteiger partial charge in [0.15, 0.2) is 29.7 Å². The molecular weight excluding hydrogens is 596 g/mol. The molecule has 2 aromatic rings. The number of halogens is 1. The zero-order chi connectivity index (χ0) is 30.6. The number of allylic oxidation sites excluding steroid dienone is 4. The molecule has 222 valence electrons. The lowest BCUT2D eigenvalue weighted by atomic mass is 9.64. The van der Waals surface area contributed by atoms with Gasteiger partial charge in [-0.1, -0.05) is 45.4 Å². The van der Waals surface area contributed by atoms with Crippen molar-refractivity contribution < 1.29 is 23.9 Å². The molecule has 0 spiro atoms. The molecule has 42 heavy (non-hydrogen) atoms. The zero-order valence-electron chi connectivity index (χ0n) is 25.4. The van der Waals surface area contributed by atoms with E-state index in [1.165, 1.54) is 7.11 Å². The highest BCUT2D eigenvalue weighted by Gasteiger charge is 2.46. The molecule has 2 aliphatic carbocycles. The number of hydrogen-bond donors (Lipinski definition) is 2. The number of nitrogens with one attached hydrogen (secondary N) is 2. The Hall–Kier alpha value is -3.39. The minimum atomic E-state index is -0.504. The van der Waals surface area contributed by atoms with Crippen LogP contribution in [0.25, 0.3) is 0 Å². The van der Waals surface area contributed by atoms with Crippen LogP contribution in [0.1, 0.15) is 76.0 Å². The van der Waals surface area contributed by atoms with Crippen molar-refractivity contribution in [3.05, 3.63) is 74.0 Å². The van der Waals surface area contributed by atoms with E-state index in [2.05, 4.69) is 54.3 Å². The molecule has 5 rings (SSSR count). The molecule has 0 atom stereocenters. The Morgan fingerprint density at radius 3 is 2.10 bits per heavy atom. The minimum absolute atomic E-state index is 0.0569. The van der Waals surface area contributed by atoms with Crippen molar-refractivity contribution in [2.75, 3.05) is 19.0 Å². The number of aryl methyl sites for hydroxylation is 2. The summed E-state index contributed by atoms with van der Waals surface area (Å²) in [6.07, 6.45) is 2.29. The van der Waals surface area contributed by atoms with Gasteiger partial charge >= 0.3 is 0 Å². The number of Topliss-reactive ketones (excluding diaryl/α,β-unsaturated/α-hetero) is 2. The molecule has 1 amide bonds. The largest absolute Gasteiger partial charge is 0.493 e. The van der Waals surface area contributed by atoms with Crippen LogP contribution < -0.4 is 20.1 Å². The zero-order valence-corrected chi connectivity index (χ0v) is 27.0. The van der Waals surface area contributed by atoms with Gasteiger partial charge in [-0.15, -0.1) is 0 Å². The Morgan fingerprint density at radius 1 is 0.952 bits per heavy atom. The molecular formula is C34H39BrN2O5. The maximum atomic E-state index is 13.7. The molecule has 7 nitrogen and oxygen atoms in total. The van der Waals surface area contributed by atoms with Gasteiger partial charge in [0.2, 0.25) is 0 Å². The summed E-state index contributed by atoms with van der Waals surface area (Å²) in [6.45, 7) is 12.1. The molecule has 0 aromatic heterocycles. The van der Waals surface area contributed by atoms with Crippen molar-refractivity contribution in [3.8, 4) is 11.5 Å². The van der Waals surface area contributed by atoms with Crippen LogP contribution in [0.4, 0.5) is 5.69 Å². The lowest BCUT2D eigenvalue weighted by Gasteiger charge is -2.44. The van der Waals surface area contributed by atoms with E-state index in [9.17, 15) is 14.4 Å². The quantitative estimate of drug-likeness (QED) is 0.353. The fourth-order valence-corrected chi connectivity index (χ4v) is 7.12. The van der Waals surface area contributed by atoms with Crippen molar-refractivity contribution in [2.45, 2.75) is 73.1 Å². The van der Waals surface area contributed by atoms with E-state index in [1.54, 1.807) is 0 Å². The first-order chi connectivity index (χ1) is 19.7. The number of ether oxygens (including phenoxy) is 2. The lowest BCUT2D eigenvalue weighted by Crippen LogP contribution is -2.42. The Labute approximate surface area is 256 Å². The fraction of sp³-hybridized carbons (Fsp3) is 0.441. The Bertz CT molecular complexity index is 1510. The Kier molecular flexibility index (Phi) is 7.90. The summed E-state index contributed by atoms with van der Waals surface area (Å²) in [4.78, 5) is 40.1. The standard InChI is InChI=1S/C34H39BrN2O5/c1-18-8-9-22(19(2)10-18)37-28(40)17-42-32-21(35)11-20(12-27(32)41-7)29-30-23(13-33(3,4)15-25(30)38)36-24-14-34(5,6)16-26(39)31(24)29/h8-12,29,36H,13-17H2,1-7H3,(H,37,40). The van der Waals surface area contributed by atoms with E-state index < -0.39 is 5.92 Å². The highest BCUT2D eigenvalue weighted by Crippen LogP contribution is 2.52. The summed E-state index contributed by atoms with van der Waals surface area (Å²) >= 11 is 3.63. The highest BCUT2D eigenvalue weighted by molar-refractivity contribution is 9.10. The van der Waals surface area contributed by atoms with Crippen molar-refractivity contribution in [1.82, 2.24) is 5.32 Å². The third kappa shape index (κ3) is 5.91. The van der Waals surface area contributed by atoms with Gasteiger partial charge in [-0.05, 0) is 82.8 Å². The Balaban J connectivity index is 1.49. The summed E-state index contributed by atoms with van der Waals surface area (Å²) in [5.74, 6) is 0.0994. The number of rotatable bonds is 6. The number of amides is 1. The molecule has 3 aliphatic rings. The first-order valence-electron chi connectivity index (χ1n) is 14.3. The maximum Gasteiger partial charge on any atom is 0.262 e. The van der Waals surface area contributed by atoms with E-state index in [-0.39, 0.29) is 34.9 Å². The SMILES string of the molecule is COc1cc(C2C3=C(CC(C)(C)CC3=O)NC3=C2C(=O)CC(C)(C)C3)cc(Br)c1OCC(=O)Nc1ccc(C)cc1C. The summed E-state index contributed by atoms with van der Waals surface area (Å²) < 4.78 is 12.3. The van der Waals surface area contributed by atoms with Gasteiger partial charge in [-0.25, -0.2) is 0 Å². The molecule has 1 aliphatic heterocycles. The van der Waals surface area contributed by atoms with Crippen LogP contribution in [0.2, 0.25) is 0 Å². The van der Waals surface area contributed by atoms with Crippen LogP contribution in [0.15, 0.2) is 57.3 Å². The van der Waals surface area contributed by atoms with Gasteiger partial charge in [0.05, 0.1) is 11.6 Å². The predicted octanol–water partition coefficient (Wildman–Crippen LogP) is 7.07. The molecule has 0 bridgehead atoms. The lowest BCUT2D eigenvalue weighted by molar-refractivity contribution is -0.119. The average Bonchev–Trinajstić information content (AvgIpc) is 2.86.